The Morgan fingerprint density at radius 3 is 2.58 bits per heavy atom. The van der Waals surface area contributed by atoms with Gasteiger partial charge in [-0.2, -0.15) is 0 Å². The highest BCUT2D eigenvalue weighted by molar-refractivity contribution is 6.31. The highest BCUT2D eigenvalue weighted by atomic mass is 35.5. The van der Waals surface area contributed by atoms with Crippen LogP contribution in [0.1, 0.15) is 37.7 Å². The van der Waals surface area contributed by atoms with Crippen LogP contribution in [-0.4, -0.2) is 37.0 Å². The van der Waals surface area contributed by atoms with Gasteiger partial charge in [-0.15, -0.1) is 0 Å². The van der Waals surface area contributed by atoms with Crippen molar-refractivity contribution >= 4 is 17.6 Å². The number of nitrogens with two attached hydrogens (primary N) is 1. The highest BCUT2D eigenvalue weighted by Gasteiger charge is 2.20. The fourth-order valence-corrected chi connectivity index (χ4v) is 3.62. The predicted octanol–water partition coefficient (Wildman–Crippen LogP) is 3.26. The summed E-state index contributed by atoms with van der Waals surface area (Å²) in [5, 5.41) is 4.19. The van der Waals surface area contributed by atoms with Gasteiger partial charge < -0.3 is 11.1 Å². The van der Waals surface area contributed by atoms with Gasteiger partial charge in [-0.05, 0) is 62.2 Å². The quantitative estimate of drug-likeness (QED) is 0.613. The lowest BCUT2D eigenvalue weighted by molar-refractivity contribution is 0.178. The third-order valence-corrected chi connectivity index (χ3v) is 5.74. The van der Waals surface area contributed by atoms with Gasteiger partial charge in [0.05, 0.1) is 0 Å². The molecule has 0 unspecified atom stereocenters. The van der Waals surface area contributed by atoms with Gasteiger partial charge in [0.1, 0.15) is 0 Å². The fraction of sp³-hybridized carbons (Fsp3) is 0.632. The summed E-state index contributed by atoms with van der Waals surface area (Å²) in [4.78, 5) is 6.96. The maximum absolute atomic E-state index is 6.26. The number of rotatable bonds is 6. The van der Waals surface area contributed by atoms with Crippen molar-refractivity contribution in [3.05, 3.63) is 34.9 Å². The average Bonchev–Trinajstić information content (AvgIpc) is 2.55. The molecule has 132 valence electrons. The van der Waals surface area contributed by atoms with Crippen molar-refractivity contribution < 1.29 is 0 Å². The largest absolute Gasteiger partial charge is 0.370 e. The smallest absolute Gasteiger partial charge is 0.188 e. The number of halogens is 1. The summed E-state index contributed by atoms with van der Waals surface area (Å²) >= 11 is 6.26. The van der Waals surface area contributed by atoms with Crippen molar-refractivity contribution in [2.75, 3.05) is 26.2 Å². The minimum atomic E-state index is 0.625. The Bertz CT molecular complexity index is 548. The molecule has 1 heterocycles. The van der Waals surface area contributed by atoms with Crippen LogP contribution in [0.2, 0.25) is 5.02 Å². The SMILES string of the molecule is NC(=NCC1CCC1)NCC1CCN(Cc2ccccc2Cl)CC1. The van der Waals surface area contributed by atoms with Crippen LogP contribution in [0.25, 0.3) is 0 Å². The molecular formula is C19H29ClN4. The van der Waals surface area contributed by atoms with Crippen molar-refractivity contribution in [1.82, 2.24) is 10.2 Å². The van der Waals surface area contributed by atoms with E-state index in [0.29, 0.717) is 11.9 Å². The average molecular weight is 349 g/mol. The Morgan fingerprint density at radius 1 is 1.17 bits per heavy atom. The first-order chi connectivity index (χ1) is 11.7. The first-order valence-corrected chi connectivity index (χ1v) is 9.58. The van der Waals surface area contributed by atoms with Crippen molar-refractivity contribution in [2.24, 2.45) is 22.6 Å². The fourth-order valence-electron chi connectivity index (χ4n) is 3.42. The molecule has 0 aromatic heterocycles. The van der Waals surface area contributed by atoms with Crippen molar-refractivity contribution in [1.29, 1.82) is 0 Å². The Kier molecular flexibility index (Phi) is 6.38. The summed E-state index contributed by atoms with van der Waals surface area (Å²) in [6, 6.07) is 8.14. The Labute approximate surface area is 150 Å². The highest BCUT2D eigenvalue weighted by Crippen LogP contribution is 2.26. The molecule has 1 saturated carbocycles. The van der Waals surface area contributed by atoms with Crippen molar-refractivity contribution in [3.63, 3.8) is 0 Å². The van der Waals surface area contributed by atoms with Crippen LogP contribution in [0.4, 0.5) is 0 Å². The molecule has 1 saturated heterocycles. The van der Waals surface area contributed by atoms with Gasteiger partial charge in [0.2, 0.25) is 0 Å². The molecular weight excluding hydrogens is 320 g/mol. The van der Waals surface area contributed by atoms with E-state index in [4.69, 9.17) is 17.3 Å². The van der Waals surface area contributed by atoms with E-state index >= 15 is 0 Å². The van der Waals surface area contributed by atoms with Gasteiger partial charge in [0, 0.05) is 24.7 Å². The van der Waals surface area contributed by atoms with E-state index in [0.717, 1.165) is 43.7 Å². The molecule has 4 nitrogen and oxygen atoms in total. The lowest BCUT2D eigenvalue weighted by Crippen LogP contribution is -2.40. The van der Waals surface area contributed by atoms with Crippen LogP contribution < -0.4 is 11.1 Å². The number of benzene rings is 1. The zero-order valence-corrected chi connectivity index (χ0v) is 15.1. The molecule has 2 aliphatic rings. The first kappa shape index (κ1) is 17.6. The third kappa shape index (κ3) is 5.12. The van der Waals surface area contributed by atoms with Crippen molar-refractivity contribution in [3.8, 4) is 0 Å². The molecule has 3 rings (SSSR count). The molecule has 24 heavy (non-hydrogen) atoms. The monoisotopic (exact) mass is 348 g/mol. The van der Waals surface area contributed by atoms with E-state index in [2.05, 4.69) is 27.3 Å². The molecule has 0 atom stereocenters. The van der Waals surface area contributed by atoms with Gasteiger partial charge in [0.25, 0.3) is 0 Å². The summed E-state index contributed by atoms with van der Waals surface area (Å²) in [5.41, 5.74) is 7.20. The Hall–Kier alpha value is -1.26. The van der Waals surface area contributed by atoms with E-state index in [1.807, 2.05) is 12.1 Å². The molecule has 3 N–H and O–H groups in total. The summed E-state index contributed by atoms with van der Waals surface area (Å²) in [6.07, 6.45) is 6.41. The van der Waals surface area contributed by atoms with E-state index < -0.39 is 0 Å². The van der Waals surface area contributed by atoms with Gasteiger partial charge in [0.15, 0.2) is 5.96 Å². The number of aliphatic imine (C=N–C) groups is 1. The second kappa shape index (κ2) is 8.72. The zero-order chi connectivity index (χ0) is 16.8. The van der Waals surface area contributed by atoms with E-state index in [1.54, 1.807) is 0 Å². The van der Waals surface area contributed by atoms with Gasteiger partial charge >= 0.3 is 0 Å². The van der Waals surface area contributed by atoms with Crippen molar-refractivity contribution in [2.45, 2.75) is 38.6 Å². The molecule has 0 radical (unpaired) electrons. The number of piperidine rings is 1. The lowest BCUT2D eigenvalue weighted by atomic mass is 9.86. The van der Waals surface area contributed by atoms with E-state index in [9.17, 15) is 0 Å². The lowest BCUT2D eigenvalue weighted by Gasteiger charge is -2.32. The molecule has 2 fully saturated rings. The predicted molar refractivity (Wildman–Crippen MR) is 101 cm³/mol. The van der Waals surface area contributed by atoms with Crippen LogP contribution in [0.3, 0.4) is 0 Å². The van der Waals surface area contributed by atoms with Gasteiger partial charge in [-0.25, -0.2) is 0 Å². The number of hydrogen-bond donors (Lipinski definition) is 2. The minimum absolute atomic E-state index is 0.625. The summed E-state index contributed by atoms with van der Waals surface area (Å²) < 4.78 is 0. The van der Waals surface area contributed by atoms with Crippen LogP contribution in [-0.2, 0) is 6.54 Å². The third-order valence-electron chi connectivity index (χ3n) is 5.38. The molecule has 1 aromatic carbocycles. The second-order valence-corrected chi connectivity index (χ2v) is 7.62. The molecule has 5 heteroatoms. The number of nitrogens with one attached hydrogen (secondary N) is 1. The molecule has 0 amide bonds. The second-order valence-electron chi connectivity index (χ2n) is 7.21. The summed E-state index contributed by atoms with van der Waals surface area (Å²) in [5.74, 6) is 2.09. The zero-order valence-electron chi connectivity index (χ0n) is 14.4. The Morgan fingerprint density at radius 2 is 1.92 bits per heavy atom. The maximum Gasteiger partial charge on any atom is 0.188 e. The van der Waals surface area contributed by atoms with Gasteiger partial charge in [-0.1, -0.05) is 36.2 Å². The molecule has 0 spiro atoms. The number of hydrogen-bond acceptors (Lipinski definition) is 2. The van der Waals surface area contributed by atoms with Crippen LogP contribution in [0.15, 0.2) is 29.3 Å². The molecule has 1 aliphatic carbocycles. The molecule has 0 bridgehead atoms. The minimum Gasteiger partial charge on any atom is -0.370 e. The standard InChI is InChI=1S/C19H29ClN4/c20-18-7-2-1-6-17(18)14-24-10-8-16(9-11-24)13-23-19(21)22-12-15-4-3-5-15/h1-2,6-7,15-16H,3-5,8-14H2,(H3,21,22,23). The number of likely N-dealkylation sites (tertiary alicyclic amines) is 1. The van der Waals surface area contributed by atoms with Gasteiger partial charge in [-0.3, -0.25) is 9.89 Å². The van der Waals surface area contributed by atoms with Crippen LogP contribution in [0.5, 0.6) is 0 Å². The molecule has 1 aliphatic heterocycles. The first-order valence-electron chi connectivity index (χ1n) is 9.20. The summed E-state index contributed by atoms with van der Waals surface area (Å²) in [7, 11) is 0. The topological polar surface area (TPSA) is 53.6 Å². The summed E-state index contributed by atoms with van der Waals surface area (Å²) in [6.45, 7) is 5.03. The Balaban J connectivity index is 1.35. The van der Waals surface area contributed by atoms with Crippen LogP contribution >= 0.6 is 11.6 Å². The van der Waals surface area contributed by atoms with E-state index in [-0.39, 0.29) is 0 Å². The maximum atomic E-state index is 6.26. The van der Waals surface area contributed by atoms with E-state index in [1.165, 1.54) is 37.7 Å². The number of guanidine groups is 1. The molecule has 1 aromatic rings. The van der Waals surface area contributed by atoms with Crippen LogP contribution in [0, 0.1) is 11.8 Å². The normalized spacial score (nSPS) is 20.8. The number of nitrogens with zero attached hydrogens (tertiary/aromatic N) is 2.